The molecule has 0 heterocycles. The van der Waals surface area contributed by atoms with Gasteiger partial charge in [0.05, 0.1) is 11.6 Å². The highest BCUT2D eigenvalue weighted by molar-refractivity contribution is 6.31. The maximum atomic E-state index is 13.7. The van der Waals surface area contributed by atoms with Crippen LogP contribution < -0.4 is 10.6 Å². The first-order valence-electron chi connectivity index (χ1n) is 7.35. The number of ether oxygens (including phenoxy) is 1. The Balaban J connectivity index is 3.37. The zero-order chi connectivity index (χ0) is 19.3. The molecule has 0 aromatic heterocycles. The Bertz CT molecular complexity index is 640. The molecule has 0 aliphatic carbocycles. The Morgan fingerprint density at radius 3 is 2.36 bits per heavy atom. The van der Waals surface area contributed by atoms with E-state index in [1.165, 1.54) is 6.92 Å². The second kappa shape index (κ2) is 8.37. The van der Waals surface area contributed by atoms with Crippen LogP contribution in [0.2, 0.25) is 5.02 Å². The van der Waals surface area contributed by atoms with E-state index in [1.807, 2.05) is 5.32 Å². The fourth-order valence-corrected chi connectivity index (χ4v) is 2.10. The van der Waals surface area contributed by atoms with E-state index < -0.39 is 34.6 Å². The van der Waals surface area contributed by atoms with Crippen LogP contribution >= 0.6 is 11.6 Å². The van der Waals surface area contributed by atoms with Gasteiger partial charge < -0.3 is 15.4 Å². The van der Waals surface area contributed by atoms with Gasteiger partial charge in [0, 0.05) is 12.1 Å². The Morgan fingerprint density at radius 1 is 1.24 bits per heavy atom. The zero-order valence-electron chi connectivity index (χ0n) is 13.5. The summed E-state index contributed by atoms with van der Waals surface area (Å²) in [6.45, 7) is 2.57. The Labute approximate surface area is 146 Å². The van der Waals surface area contributed by atoms with Crippen LogP contribution in [0.4, 0.5) is 23.2 Å². The first-order valence-corrected chi connectivity index (χ1v) is 7.73. The second-order valence-corrected chi connectivity index (χ2v) is 5.43. The topological polar surface area (TPSA) is 67.4 Å². The molecule has 0 radical (unpaired) electrons. The van der Waals surface area contributed by atoms with Crippen LogP contribution in [0.15, 0.2) is 18.2 Å². The normalized spacial score (nSPS) is 13.7. The molecule has 1 aromatic rings. The zero-order valence-corrected chi connectivity index (χ0v) is 14.2. The van der Waals surface area contributed by atoms with Gasteiger partial charge in [-0.25, -0.2) is 9.18 Å². The number of alkyl halides is 3. The monoisotopic (exact) mass is 384 g/mol. The summed E-state index contributed by atoms with van der Waals surface area (Å²) in [6.07, 6.45) is -5.21. The van der Waals surface area contributed by atoms with Gasteiger partial charge in [0.15, 0.2) is 0 Å². The molecule has 0 bridgehead atoms. The van der Waals surface area contributed by atoms with E-state index in [-0.39, 0.29) is 25.1 Å². The number of hydrogen-bond donors (Lipinski definition) is 2. The fraction of sp³-hybridized carbons (Fsp3) is 0.467. The van der Waals surface area contributed by atoms with E-state index in [0.717, 1.165) is 18.2 Å². The molecule has 0 aliphatic heterocycles. The molecular weight excluding hydrogens is 368 g/mol. The third-order valence-electron chi connectivity index (χ3n) is 3.06. The number of amides is 1. The van der Waals surface area contributed by atoms with Crippen molar-refractivity contribution in [2.24, 2.45) is 0 Å². The maximum Gasteiger partial charge on any atom is 0.441 e. The van der Waals surface area contributed by atoms with Crippen molar-refractivity contribution < 1.29 is 31.9 Å². The van der Waals surface area contributed by atoms with E-state index in [9.17, 15) is 27.2 Å². The molecule has 5 nitrogen and oxygen atoms in total. The molecule has 0 saturated carbocycles. The van der Waals surface area contributed by atoms with Gasteiger partial charge in [-0.05, 0) is 31.5 Å². The maximum absolute atomic E-state index is 13.7. The van der Waals surface area contributed by atoms with Gasteiger partial charge in [-0.15, -0.1) is 0 Å². The minimum Gasteiger partial charge on any atom is -0.463 e. The standard InChI is InChI=1S/C15H17ClF4N2O3/c1-3-5-12(23)22-14(15(18,19)20,13(24)25-4-2)21-9-6-7-11(17)10(16)8-9/h6-8,21H,3-5H2,1-2H3,(H,22,23). The molecule has 0 saturated heterocycles. The van der Waals surface area contributed by atoms with Gasteiger partial charge in [-0.2, -0.15) is 13.2 Å². The van der Waals surface area contributed by atoms with Crippen molar-refractivity contribution in [3.8, 4) is 0 Å². The first kappa shape index (κ1) is 21.0. The summed E-state index contributed by atoms with van der Waals surface area (Å²) in [5.74, 6) is -3.60. The number of halogens is 5. The van der Waals surface area contributed by atoms with Gasteiger partial charge >= 0.3 is 17.8 Å². The summed E-state index contributed by atoms with van der Waals surface area (Å²) in [5.41, 5.74) is -3.86. The molecular formula is C15H17ClF4N2O3. The summed E-state index contributed by atoms with van der Waals surface area (Å²) in [4.78, 5) is 23.9. The van der Waals surface area contributed by atoms with E-state index in [1.54, 1.807) is 12.2 Å². The van der Waals surface area contributed by atoms with Crippen LogP contribution in [0, 0.1) is 5.82 Å². The molecule has 0 spiro atoms. The summed E-state index contributed by atoms with van der Waals surface area (Å²) in [7, 11) is 0. The van der Waals surface area contributed by atoms with Crippen molar-refractivity contribution >= 4 is 29.2 Å². The molecule has 0 fully saturated rings. The third-order valence-corrected chi connectivity index (χ3v) is 3.35. The average Bonchev–Trinajstić information content (AvgIpc) is 2.49. The van der Waals surface area contributed by atoms with Crippen molar-refractivity contribution in [2.45, 2.75) is 38.5 Å². The molecule has 1 rings (SSSR count). The molecule has 140 valence electrons. The SMILES string of the molecule is CCCC(=O)NC(Nc1ccc(F)c(Cl)c1)(C(=O)OCC)C(F)(F)F. The number of carbonyl (C=O) groups excluding carboxylic acids is 2. The van der Waals surface area contributed by atoms with E-state index in [0.29, 0.717) is 0 Å². The number of hydrogen-bond acceptors (Lipinski definition) is 4. The molecule has 10 heteroatoms. The fourth-order valence-electron chi connectivity index (χ4n) is 1.92. The smallest absolute Gasteiger partial charge is 0.441 e. The number of benzene rings is 1. The number of nitrogens with one attached hydrogen (secondary N) is 2. The highest BCUT2D eigenvalue weighted by atomic mass is 35.5. The minimum absolute atomic E-state index is 0.233. The lowest BCUT2D eigenvalue weighted by atomic mass is 10.1. The first-order chi connectivity index (χ1) is 11.6. The van der Waals surface area contributed by atoms with Gasteiger partial charge in [0.1, 0.15) is 5.82 Å². The third kappa shape index (κ3) is 4.97. The molecule has 1 atom stereocenters. The van der Waals surface area contributed by atoms with Crippen LogP contribution in [0.3, 0.4) is 0 Å². The summed E-state index contributed by atoms with van der Waals surface area (Å²) in [6, 6.07) is 2.64. The number of esters is 1. The average molecular weight is 385 g/mol. The molecule has 0 aliphatic rings. The van der Waals surface area contributed by atoms with Crippen LogP contribution in [0.25, 0.3) is 0 Å². The van der Waals surface area contributed by atoms with Gasteiger partial charge in [-0.1, -0.05) is 18.5 Å². The van der Waals surface area contributed by atoms with E-state index >= 15 is 0 Å². The minimum atomic E-state index is -5.25. The Morgan fingerprint density at radius 2 is 1.88 bits per heavy atom. The Hall–Kier alpha value is -2.03. The van der Waals surface area contributed by atoms with Crippen LogP contribution in [-0.2, 0) is 14.3 Å². The lowest BCUT2D eigenvalue weighted by Gasteiger charge is -2.35. The van der Waals surface area contributed by atoms with Crippen molar-refractivity contribution in [3.63, 3.8) is 0 Å². The lowest BCUT2D eigenvalue weighted by molar-refractivity contribution is -0.207. The molecule has 2 N–H and O–H groups in total. The predicted octanol–water partition coefficient (Wildman–Crippen LogP) is 3.63. The Kier molecular flexibility index (Phi) is 7.04. The molecule has 1 aromatic carbocycles. The number of carbonyl (C=O) groups is 2. The highest BCUT2D eigenvalue weighted by Crippen LogP contribution is 2.34. The molecule has 1 unspecified atom stereocenters. The van der Waals surface area contributed by atoms with Crippen molar-refractivity contribution in [2.75, 3.05) is 11.9 Å². The summed E-state index contributed by atoms with van der Waals surface area (Å²) < 4.78 is 58.9. The van der Waals surface area contributed by atoms with E-state index in [4.69, 9.17) is 11.6 Å². The number of rotatable bonds is 7. The van der Waals surface area contributed by atoms with Gasteiger partial charge in [0.2, 0.25) is 5.91 Å². The van der Waals surface area contributed by atoms with Gasteiger partial charge in [0.25, 0.3) is 0 Å². The summed E-state index contributed by atoms with van der Waals surface area (Å²) in [5, 5.41) is 3.09. The van der Waals surface area contributed by atoms with E-state index in [2.05, 4.69) is 4.74 Å². The van der Waals surface area contributed by atoms with Gasteiger partial charge in [-0.3, -0.25) is 4.79 Å². The van der Waals surface area contributed by atoms with Crippen molar-refractivity contribution in [1.29, 1.82) is 0 Å². The predicted molar refractivity (Wildman–Crippen MR) is 83.5 cm³/mol. The van der Waals surface area contributed by atoms with Crippen molar-refractivity contribution in [1.82, 2.24) is 5.32 Å². The van der Waals surface area contributed by atoms with Crippen LogP contribution in [0.1, 0.15) is 26.7 Å². The largest absolute Gasteiger partial charge is 0.463 e. The number of anilines is 1. The molecule has 1 amide bonds. The quantitative estimate of drug-likeness (QED) is 0.428. The highest BCUT2D eigenvalue weighted by Gasteiger charge is 2.63. The second-order valence-electron chi connectivity index (χ2n) is 5.02. The molecule has 25 heavy (non-hydrogen) atoms. The van der Waals surface area contributed by atoms with Crippen LogP contribution in [0.5, 0.6) is 0 Å². The van der Waals surface area contributed by atoms with Crippen molar-refractivity contribution in [3.05, 3.63) is 29.0 Å². The van der Waals surface area contributed by atoms with Crippen LogP contribution in [-0.4, -0.2) is 30.3 Å². The summed E-state index contributed by atoms with van der Waals surface area (Å²) >= 11 is 5.55. The lowest BCUT2D eigenvalue weighted by Crippen LogP contribution is -2.69.